The zero-order valence-corrected chi connectivity index (χ0v) is 21.6. The second-order valence-corrected chi connectivity index (χ2v) is 10.1. The van der Waals surface area contributed by atoms with Gasteiger partial charge in [-0.3, -0.25) is 14.8 Å². The number of carbonyl (C=O) groups is 2. The van der Waals surface area contributed by atoms with Crippen LogP contribution in [0.15, 0.2) is 55.2 Å². The second kappa shape index (κ2) is 11.1. The number of amides is 3. The first-order chi connectivity index (χ1) is 19.5. The molecule has 2 aliphatic carbocycles. The molecule has 3 amide bonds. The number of hydrogen-bond acceptors (Lipinski definition) is 8. The van der Waals surface area contributed by atoms with Crippen molar-refractivity contribution >= 4 is 40.5 Å². The molecule has 0 saturated heterocycles. The molecule has 0 radical (unpaired) electrons. The normalized spacial score (nSPS) is 18.6. The topological polar surface area (TPSA) is 150 Å². The Balaban J connectivity index is 1.13. The third-order valence-electron chi connectivity index (χ3n) is 6.99. The van der Waals surface area contributed by atoms with E-state index in [1.165, 1.54) is 23.0 Å². The van der Waals surface area contributed by atoms with Crippen LogP contribution in [0.25, 0.3) is 5.65 Å². The highest BCUT2D eigenvalue weighted by molar-refractivity contribution is 6.03. The number of urea groups is 1. The molecule has 4 aromatic rings. The molecule has 4 aromatic heterocycles. The molecule has 12 nitrogen and oxygen atoms in total. The Bertz CT molecular complexity index is 1520. The zero-order chi connectivity index (χ0) is 27.5. The molecular weight excluding hydrogens is 515 g/mol. The summed E-state index contributed by atoms with van der Waals surface area (Å²) in [7, 11) is 0. The number of hydrogen-bond donors (Lipinski definition) is 5. The summed E-state index contributed by atoms with van der Waals surface area (Å²) in [6.07, 6.45) is 12.6. The largest absolute Gasteiger partial charge is 0.379 e. The smallest absolute Gasteiger partial charge is 0.319 e. The fraction of sp³-hybridized carbons (Fsp3) is 0.333. The number of nitrogens with one attached hydrogen (secondary N) is 5. The first-order valence-corrected chi connectivity index (χ1v) is 13.3. The summed E-state index contributed by atoms with van der Waals surface area (Å²) >= 11 is 0. The zero-order valence-electron chi connectivity index (χ0n) is 21.6. The maximum absolute atomic E-state index is 14.1. The monoisotopic (exact) mass is 544 g/mol. The van der Waals surface area contributed by atoms with Crippen molar-refractivity contribution in [2.45, 2.75) is 56.7 Å². The van der Waals surface area contributed by atoms with Gasteiger partial charge >= 0.3 is 6.03 Å². The van der Waals surface area contributed by atoms with Gasteiger partial charge in [-0.2, -0.15) is 0 Å². The Morgan fingerprint density at radius 3 is 2.35 bits per heavy atom. The molecular formula is C27H29FN10O2. The Morgan fingerprint density at radius 2 is 1.60 bits per heavy atom. The number of imidazole rings is 1. The van der Waals surface area contributed by atoms with Gasteiger partial charge in [0.05, 0.1) is 35.7 Å². The number of carbonyl (C=O) groups excluding carboxylic acids is 2. The average Bonchev–Trinajstić information content (AvgIpc) is 3.66. The van der Waals surface area contributed by atoms with Crippen LogP contribution in [0, 0.1) is 5.82 Å². The minimum Gasteiger partial charge on any atom is -0.379 e. The average molecular weight is 545 g/mol. The van der Waals surface area contributed by atoms with Crippen molar-refractivity contribution in [3.63, 3.8) is 0 Å². The molecule has 0 bridgehead atoms. The summed E-state index contributed by atoms with van der Waals surface area (Å²) in [6.45, 7) is 0. The molecule has 0 aliphatic heterocycles. The predicted octanol–water partition coefficient (Wildman–Crippen LogP) is 4.03. The highest BCUT2D eigenvalue weighted by Gasteiger charge is 2.26. The number of nitrogens with zero attached hydrogens (tertiary/aromatic N) is 5. The van der Waals surface area contributed by atoms with Crippen LogP contribution in [0.1, 0.15) is 49.0 Å². The van der Waals surface area contributed by atoms with Crippen molar-refractivity contribution < 1.29 is 14.0 Å². The first-order valence-electron chi connectivity index (χ1n) is 13.3. The molecule has 2 fully saturated rings. The maximum atomic E-state index is 14.1. The van der Waals surface area contributed by atoms with Gasteiger partial charge in [0.1, 0.15) is 5.82 Å². The molecule has 5 N–H and O–H groups in total. The van der Waals surface area contributed by atoms with E-state index in [0.29, 0.717) is 23.2 Å². The Hall–Kier alpha value is -4.81. The number of halogens is 1. The molecule has 0 unspecified atom stereocenters. The SMILES string of the molecule is O=C(Nc1cccnc1)N[C@H]1CC[C@H](Nc2cc(NC3CC3)c3ncc(C(=O)Nc4ccncc4F)n3n2)CC1. The molecule has 0 atom stereocenters. The lowest BCUT2D eigenvalue weighted by molar-refractivity contribution is 0.102. The van der Waals surface area contributed by atoms with Crippen LogP contribution in [-0.4, -0.2) is 54.6 Å². The summed E-state index contributed by atoms with van der Waals surface area (Å²) < 4.78 is 15.6. The summed E-state index contributed by atoms with van der Waals surface area (Å²) in [6, 6.07) is 7.18. The summed E-state index contributed by atoms with van der Waals surface area (Å²) in [5, 5.41) is 20.1. The Labute approximate surface area is 229 Å². The highest BCUT2D eigenvalue weighted by Crippen LogP contribution is 2.30. The van der Waals surface area contributed by atoms with Crippen molar-refractivity contribution in [1.82, 2.24) is 29.9 Å². The summed E-state index contributed by atoms with van der Waals surface area (Å²) in [5.41, 5.74) is 2.15. The maximum Gasteiger partial charge on any atom is 0.319 e. The molecule has 13 heteroatoms. The van der Waals surface area contributed by atoms with Crippen molar-refractivity contribution in [2.75, 3.05) is 21.3 Å². The third-order valence-corrected chi connectivity index (χ3v) is 6.99. The third kappa shape index (κ3) is 5.92. The van der Waals surface area contributed by atoms with Gasteiger partial charge in [0.25, 0.3) is 5.91 Å². The minimum atomic E-state index is -0.629. The van der Waals surface area contributed by atoms with E-state index in [0.717, 1.165) is 50.4 Å². The van der Waals surface area contributed by atoms with Gasteiger partial charge in [0.2, 0.25) is 0 Å². The van der Waals surface area contributed by atoms with Crippen molar-refractivity contribution in [2.24, 2.45) is 0 Å². The van der Waals surface area contributed by atoms with E-state index in [2.05, 4.69) is 46.6 Å². The molecule has 0 aromatic carbocycles. The van der Waals surface area contributed by atoms with Gasteiger partial charge in [-0.05, 0) is 56.7 Å². The van der Waals surface area contributed by atoms with Crippen LogP contribution in [0.4, 0.5) is 32.1 Å². The number of anilines is 4. The lowest BCUT2D eigenvalue weighted by Gasteiger charge is -2.30. The van der Waals surface area contributed by atoms with Crippen molar-refractivity contribution in [3.05, 3.63) is 66.8 Å². The number of rotatable bonds is 8. The molecule has 4 heterocycles. The molecule has 6 rings (SSSR count). The lowest BCUT2D eigenvalue weighted by Crippen LogP contribution is -2.42. The molecule has 0 spiro atoms. The van der Waals surface area contributed by atoms with Crippen LogP contribution >= 0.6 is 0 Å². The van der Waals surface area contributed by atoms with E-state index in [4.69, 9.17) is 0 Å². The summed E-state index contributed by atoms with van der Waals surface area (Å²) in [5.74, 6) is -0.560. The van der Waals surface area contributed by atoms with Crippen LogP contribution < -0.4 is 26.6 Å². The van der Waals surface area contributed by atoms with Gasteiger partial charge in [-0.25, -0.2) is 18.7 Å². The van der Waals surface area contributed by atoms with Crippen LogP contribution in [0.2, 0.25) is 0 Å². The molecule has 2 saturated carbocycles. The van der Waals surface area contributed by atoms with E-state index in [-0.39, 0.29) is 29.5 Å². The highest BCUT2D eigenvalue weighted by atomic mass is 19.1. The number of fused-ring (bicyclic) bond motifs is 1. The van der Waals surface area contributed by atoms with Crippen molar-refractivity contribution in [1.29, 1.82) is 0 Å². The van der Waals surface area contributed by atoms with Crippen LogP contribution in [0.3, 0.4) is 0 Å². The Morgan fingerprint density at radius 1 is 0.850 bits per heavy atom. The summed E-state index contributed by atoms with van der Waals surface area (Å²) in [4.78, 5) is 37.6. The van der Waals surface area contributed by atoms with Crippen molar-refractivity contribution in [3.8, 4) is 0 Å². The minimum absolute atomic E-state index is 0.0278. The molecule has 206 valence electrons. The quantitative estimate of drug-likeness (QED) is 0.223. The van der Waals surface area contributed by atoms with E-state index >= 15 is 0 Å². The predicted molar refractivity (Wildman–Crippen MR) is 148 cm³/mol. The lowest BCUT2D eigenvalue weighted by atomic mass is 9.91. The van der Waals surface area contributed by atoms with E-state index in [9.17, 15) is 14.0 Å². The van der Waals surface area contributed by atoms with Gasteiger partial charge in [-0.1, -0.05) is 0 Å². The Kier molecular flexibility index (Phi) is 7.08. The van der Waals surface area contributed by atoms with Crippen LogP contribution in [-0.2, 0) is 0 Å². The van der Waals surface area contributed by atoms with Gasteiger partial charge in [0.15, 0.2) is 17.2 Å². The van der Waals surface area contributed by atoms with Crippen LogP contribution in [0.5, 0.6) is 0 Å². The first kappa shape index (κ1) is 25.5. The second-order valence-electron chi connectivity index (χ2n) is 10.1. The van der Waals surface area contributed by atoms with Gasteiger partial charge in [0, 0.05) is 36.6 Å². The van der Waals surface area contributed by atoms with E-state index < -0.39 is 11.7 Å². The molecule has 40 heavy (non-hydrogen) atoms. The number of aromatic nitrogens is 5. The van der Waals surface area contributed by atoms with Gasteiger partial charge < -0.3 is 26.6 Å². The standard InChI is InChI=1S/C27H29FN10O2/c28-20-14-30-11-9-21(20)36-26(39)23-15-31-25-22(32-16-3-4-16)12-24(37-38(23)25)33-17-5-7-18(8-6-17)34-27(40)35-19-2-1-10-29-13-19/h1-2,9-18,32H,3-8H2,(H,33,37)(H,30,36,39)(H2,34,35,40)/t17-,18-. The van der Waals surface area contributed by atoms with E-state index in [1.807, 2.05) is 6.07 Å². The molecule has 2 aliphatic rings. The van der Waals surface area contributed by atoms with Gasteiger partial charge in [-0.15, -0.1) is 5.10 Å². The fourth-order valence-electron chi connectivity index (χ4n) is 4.79. The number of pyridine rings is 2. The fourth-order valence-corrected chi connectivity index (χ4v) is 4.79. The van der Waals surface area contributed by atoms with E-state index in [1.54, 1.807) is 24.5 Å².